The van der Waals surface area contributed by atoms with Gasteiger partial charge in [0.05, 0.1) is 16.5 Å². The maximum Gasteiger partial charge on any atom is 0.262 e. The number of para-hydroxylation sites is 1. The number of amides is 1. The summed E-state index contributed by atoms with van der Waals surface area (Å²) in [5.41, 5.74) is 5.45. The van der Waals surface area contributed by atoms with Gasteiger partial charge in [0.1, 0.15) is 0 Å². The fourth-order valence-electron chi connectivity index (χ4n) is 6.68. The van der Waals surface area contributed by atoms with Gasteiger partial charge in [-0.05, 0) is 74.8 Å². The molecule has 1 heterocycles. The number of aromatic nitrogens is 2. The summed E-state index contributed by atoms with van der Waals surface area (Å²) >= 11 is 0. The van der Waals surface area contributed by atoms with E-state index in [-0.39, 0.29) is 16.9 Å². The smallest absolute Gasteiger partial charge is 0.262 e. The molecular weight excluding hydrogens is 368 g/mol. The van der Waals surface area contributed by atoms with Gasteiger partial charge < -0.3 is 5.11 Å². The zero-order chi connectivity index (χ0) is 20.2. The highest BCUT2D eigenvalue weighted by atomic mass is 16.3. The van der Waals surface area contributed by atoms with Gasteiger partial charge in [-0.15, -0.1) is 0 Å². The minimum atomic E-state index is -0.569. The first kappa shape index (κ1) is 18.6. The molecule has 0 unspecified atom stereocenters. The minimum Gasteiger partial charge on any atom is -0.390 e. The Morgan fingerprint density at radius 3 is 2.66 bits per heavy atom. The van der Waals surface area contributed by atoms with Crippen molar-refractivity contribution in [3.05, 3.63) is 34.6 Å². The second kappa shape index (κ2) is 6.55. The molecule has 4 fully saturated rings. The lowest BCUT2D eigenvalue weighted by atomic mass is 9.47. The topological polar surface area (TPSA) is 96.2 Å². The molecule has 0 saturated heterocycles. The Morgan fingerprint density at radius 2 is 1.97 bits per heavy atom. The van der Waals surface area contributed by atoms with Crippen molar-refractivity contribution < 1.29 is 9.90 Å². The molecule has 4 saturated carbocycles. The van der Waals surface area contributed by atoms with Crippen molar-refractivity contribution in [2.24, 2.45) is 17.3 Å². The fourth-order valence-corrected chi connectivity index (χ4v) is 6.68. The average Bonchev–Trinajstić information content (AvgIpc) is 2.64. The number of fused-ring (bicyclic) bond motifs is 1. The Kier molecular flexibility index (Phi) is 4.21. The van der Waals surface area contributed by atoms with E-state index in [0.29, 0.717) is 41.7 Å². The van der Waals surface area contributed by atoms with Crippen LogP contribution in [0.15, 0.2) is 29.1 Å². The quantitative estimate of drug-likeness (QED) is 0.675. The summed E-state index contributed by atoms with van der Waals surface area (Å²) in [6.07, 6.45) is 6.20. The molecule has 7 nitrogen and oxygen atoms in total. The van der Waals surface area contributed by atoms with Gasteiger partial charge in [0.2, 0.25) is 11.9 Å². The van der Waals surface area contributed by atoms with Crippen molar-refractivity contribution in [3.8, 4) is 0 Å². The number of anilines is 1. The molecule has 1 aromatic carbocycles. The van der Waals surface area contributed by atoms with Gasteiger partial charge >= 0.3 is 0 Å². The maximum absolute atomic E-state index is 12.8. The molecule has 2 aromatic rings. The number of nitrogens with one attached hydrogen (secondary N) is 2. The molecule has 1 aromatic heterocycles. The second-order valence-corrected chi connectivity index (χ2v) is 9.54. The van der Waals surface area contributed by atoms with Crippen LogP contribution < -0.4 is 16.4 Å². The monoisotopic (exact) mass is 396 g/mol. The summed E-state index contributed by atoms with van der Waals surface area (Å²) in [4.78, 5) is 30.0. The Bertz CT molecular complexity index is 1020. The molecule has 4 aliphatic carbocycles. The molecule has 29 heavy (non-hydrogen) atoms. The highest BCUT2D eigenvalue weighted by Crippen LogP contribution is 2.62. The number of hydrogen-bond donors (Lipinski definition) is 3. The number of carbonyl (C=O) groups is 1. The number of benzene rings is 1. The minimum absolute atomic E-state index is 0.0914. The highest BCUT2D eigenvalue weighted by molar-refractivity contribution is 5.80. The predicted molar refractivity (Wildman–Crippen MR) is 110 cm³/mol. The van der Waals surface area contributed by atoms with Crippen LogP contribution >= 0.6 is 0 Å². The van der Waals surface area contributed by atoms with Crippen LogP contribution in [-0.4, -0.2) is 26.2 Å². The molecule has 3 N–H and O–H groups in total. The predicted octanol–water partition coefficient (Wildman–Crippen LogP) is 2.58. The first-order valence-electron chi connectivity index (χ1n) is 10.7. The van der Waals surface area contributed by atoms with E-state index in [0.717, 1.165) is 32.1 Å². The normalized spacial score (nSPS) is 32.5. The van der Waals surface area contributed by atoms with Gasteiger partial charge in [0, 0.05) is 13.0 Å². The number of hydrogen-bond acceptors (Lipinski definition) is 5. The van der Waals surface area contributed by atoms with E-state index in [1.807, 2.05) is 19.1 Å². The van der Waals surface area contributed by atoms with Crippen molar-refractivity contribution in [1.82, 2.24) is 15.0 Å². The molecule has 0 spiro atoms. The molecule has 4 aliphatic rings. The third-order valence-electron chi connectivity index (χ3n) is 7.18. The molecule has 2 atom stereocenters. The van der Waals surface area contributed by atoms with Gasteiger partial charge in [-0.2, -0.15) is 0 Å². The molecule has 4 bridgehead atoms. The van der Waals surface area contributed by atoms with Gasteiger partial charge in [0.15, 0.2) is 0 Å². The Morgan fingerprint density at radius 1 is 1.24 bits per heavy atom. The summed E-state index contributed by atoms with van der Waals surface area (Å²) in [5.74, 6) is 1.33. The lowest BCUT2D eigenvalue weighted by molar-refractivity contribution is -0.169. The van der Waals surface area contributed by atoms with E-state index in [1.54, 1.807) is 12.1 Å². The number of aliphatic hydroxyl groups is 1. The summed E-state index contributed by atoms with van der Waals surface area (Å²) in [7, 11) is 0. The molecular formula is C22H28N4O3. The number of rotatable bonds is 5. The van der Waals surface area contributed by atoms with E-state index in [9.17, 15) is 14.7 Å². The van der Waals surface area contributed by atoms with E-state index in [1.165, 1.54) is 11.0 Å². The number of hydrazine groups is 1. The van der Waals surface area contributed by atoms with Gasteiger partial charge in [-0.1, -0.05) is 12.1 Å². The van der Waals surface area contributed by atoms with Crippen molar-refractivity contribution >= 4 is 22.8 Å². The van der Waals surface area contributed by atoms with Crippen LogP contribution in [0.5, 0.6) is 0 Å². The van der Waals surface area contributed by atoms with Gasteiger partial charge in [-0.25, -0.2) is 4.98 Å². The van der Waals surface area contributed by atoms with Crippen LogP contribution in [0.2, 0.25) is 0 Å². The molecule has 0 radical (unpaired) electrons. The lowest BCUT2D eigenvalue weighted by Gasteiger charge is -2.60. The zero-order valence-electron chi connectivity index (χ0n) is 16.8. The molecule has 7 heteroatoms. The lowest BCUT2D eigenvalue weighted by Crippen LogP contribution is -2.56. The SMILES string of the molecule is CCn1c(NNC(=O)CC23C[C@H]4C[C@@H](CC(O)(C4)C2)C3)nc2ccccc2c1=O. The van der Waals surface area contributed by atoms with Gasteiger partial charge in [0.25, 0.3) is 5.56 Å². The summed E-state index contributed by atoms with van der Waals surface area (Å²) in [6.45, 7) is 2.33. The van der Waals surface area contributed by atoms with Crippen molar-refractivity contribution in [2.75, 3.05) is 5.43 Å². The van der Waals surface area contributed by atoms with Crippen molar-refractivity contribution in [1.29, 1.82) is 0 Å². The van der Waals surface area contributed by atoms with Crippen LogP contribution in [0.25, 0.3) is 10.9 Å². The van der Waals surface area contributed by atoms with Crippen LogP contribution in [0.3, 0.4) is 0 Å². The first-order chi connectivity index (χ1) is 13.9. The zero-order valence-corrected chi connectivity index (χ0v) is 16.8. The molecule has 154 valence electrons. The Hall–Kier alpha value is -2.41. The summed E-state index contributed by atoms with van der Waals surface area (Å²) < 4.78 is 1.52. The van der Waals surface area contributed by atoms with Crippen molar-refractivity contribution in [2.45, 2.75) is 64.0 Å². The maximum atomic E-state index is 12.8. The summed E-state index contributed by atoms with van der Waals surface area (Å²) in [5, 5.41) is 11.5. The first-order valence-corrected chi connectivity index (χ1v) is 10.7. The largest absolute Gasteiger partial charge is 0.390 e. The molecule has 6 rings (SSSR count). The number of carbonyl (C=O) groups excluding carboxylic acids is 1. The highest BCUT2D eigenvalue weighted by Gasteiger charge is 2.57. The van der Waals surface area contributed by atoms with Crippen molar-refractivity contribution in [3.63, 3.8) is 0 Å². The second-order valence-electron chi connectivity index (χ2n) is 9.54. The van der Waals surface area contributed by atoms with Crippen LogP contribution in [0.1, 0.15) is 51.9 Å². The van der Waals surface area contributed by atoms with E-state index in [2.05, 4.69) is 15.8 Å². The van der Waals surface area contributed by atoms with Crippen LogP contribution in [-0.2, 0) is 11.3 Å². The van der Waals surface area contributed by atoms with Crippen LogP contribution in [0.4, 0.5) is 5.95 Å². The van der Waals surface area contributed by atoms with Crippen LogP contribution in [0, 0.1) is 17.3 Å². The average molecular weight is 396 g/mol. The Labute approximate surface area is 169 Å². The van der Waals surface area contributed by atoms with Gasteiger partial charge in [-0.3, -0.25) is 25.0 Å². The Balaban J connectivity index is 1.32. The third-order valence-corrected chi connectivity index (χ3v) is 7.18. The standard InChI is InChI=1S/C22H28N4O3/c1-2-26-19(28)16-5-3-4-6-17(16)23-20(26)25-24-18(27)12-21-8-14-7-15(9-21)11-22(29,10-14)13-21/h3-6,14-15,29H,2,7-13H2,1H3,(H,23,25)(H,24,27)/t14-,15-,21?,22?/m1/s1. The van der Waals surface area contributed by atoms with E-state index >= 15 is 0 Å². The summed E-state index contributed by atoms with van der Waals surface area (Å²) in [6, 6.07) is 7.21. The number of nitrogens with zero attached hydrogens (tertiary/aromatic N) is 2. The van der Waals surface area contributed by atoms with E-state index < -0.39 is 5.60 Å². The fraction of sp³-hybridized carbons (Fsp3) is 0.591. The third kappa shape index (κ3) is 3.21. The van der Waals surface area contributed by atoms with E-state index in [4.69, 9.17) is 0 Å². The molecule has 1 amide bonds. The molecule has 0 aliphatic heterocycles.